The fourth-order valence-electron chi connectivity index (χ4n) is 1.67. The molecule has 1 heterocycles. The molecule has 1 aromatic heterocycles. The number of rotatable bonds is 0. The number of nitrogens with zero attached hydrogens (tertiary/aromatic N) is 1. The number of hydrogen-bond donors (Lipinski definition) is 0. The summed E-state index contributed by atoms with van der Waals surface area (Å²) < 4.78 is 1.36. The van der Waals surface area contributed by atoms with E-state index in [9.17, 15) is 0 Å². The van der Waals surface area contributed by atoms with Crippen LogP contribution in [0.2, 0.25) is 0 Å². The van der Waals surface area contributed by atoms with Crippen LogP contribution >= 0.6 is 11.3 Å². The summed E-state index contributed by atoms with van der Waals surface area (Å²) >= 11 is 1.74. The van der Waals surface area contributed by atoms with E-state index in [1.807, 2.05) is 5.51 Å². The fourth-order valence-corrected chi connectivity index (χ4v) is 2.53. The lowest BCUT2D eigenvalue weighted by atomic mass is 10.1. The molecule has 1 aromatic carbocycles. The van der Waals surface area contributed by atoms with Gasteiger partial charge in [-0.15, -0.1) is 11.3 Å². The first-order valence-electron chi connectivity index (χ1n) is 3.97. The maximum absolute atomic E-state index is 4.29. The molecule has 0 N–H and O–H groups in total. The van der Waals surface area contributed by atoms with Gasteiger partial charge >= 0.3 is 0 Å². The van der Waals surface area contributed by atoms with Crippen LogP contribution in [0.25, 0.3) is 16.3 Å². The van der Waals surface area contributed by atoms with Crippen molar-refractivity contribution in [1.29, 1.82) is 0 Å². The van der Waals surface area contributed by atoms with Crippen LogP contribution in [0.4, 0.5) is 0 Å². The zero-order valence-electron chi connectivity index (χ0n) is 6.45. The monoisotopic (exact) mass is 173 g/mol. The van der Waals surface area contributed by atoms with Gasteiger partial charge in [0.25, 0.3) is 0 Å². The number of aromatic nitrogens is 1. The van der Waals surface area contributed by atoms with Crippen molar-refractivity contribution in [2.45, 2.75) is 6.42 Å². The molecule has 1 aliphatic carbocycles. The van der Waals surface area contributed by atoms with Crippen molar-refractivity contribution in [3.8, 4) is 0 Å². The normalized spacial score (nSPS) is 14.0. The zero-order valence-corrected chi connectivity index (χ0v) is 7.27. The molecule has 0 unspecified atom stereocenters. The molecule has 0 fully saturated rings. The van der Waals surface area contributed by atoms with Crippen molar-refractivity contribution >= 4 is 27.6 Å². The summed E-state index contributed by atoms with van der Waals surface area (Å²) in [6.45, 7) is 0. The molecule has 58 valence electrons. The summed E-state index contributed by atoms with van der Waals surface area (Å²) in [7, 11) is 0. The number of thiazole rings is 1. The molecule has 2 heteroatoms. The SMILES string of the molecule is C1=Cc2ccc3ncsc3c2C1. The molecule has 0 saturated heterocycles. The number of hydrogen-bond acceptors (Lipinski definition) is 2. The van der Waals surface area contributed by atoms with E-state index in [2.05, 4.69) is 29.3 Å². The molecular formula is C10H7NS. The van der Waals surface area contributed by atoms with Crippen LogP contribution in [0.3, 0.4) is 0 Å². The van der Waals surface area contributed by atoms with Gasteiger partial charge in [-0.1, -0.05) is 18.2 Å². The molecule has 0 amide bonds. The van der Waals surface area contributed by atoms with E-state index >= 15 is 0 Å². The van der Waals surface area contributed by atoms with Crippen molar-refractivity contribution in [2.24, 2.45) is 0 Å². The van der Waals surface area contributed by atoms with Gasteiger partial charge in [0.1, 0.15) is 0 Å². The van der Waals surface area contributed by atoms with Crippen LogP contribution in [0.5, 0.6) is 0 Å². The number of allylic oxidation sites excluding steroid dienone is 1. The molecule has 0 saturated carbocycles. The van der Waals surface area contributed by atoms with E-state index in [1.165, 1.54) is 15.8 Å². The Labute approximate surface area is 74.4 Å². The third-order valence-corrected chi connectivity index (χ3v) is 3.16. The van der Waals surface area contributed by atoms with Gasteiger partial charge in [-0.3, -0.25) is 0 Å². The minimum atomic E-state index is 1.08. The molecular weight excluding hydrogens is 166 g/mol. The Kier molecular flexibility index (Phi) is 1.15. The van der Waals surface area contributed by atoms with Crippen LogP contribution in [0.1, 0.15) is 11.1 Å². The van der Waals surface area contributed by atoms with Gasteiger partial charge in [-0.25, -0.2) is 4.98 Å². The third kappa shape index (κ3) is 0.703. The van der Waals surface area contributed by atoms with Gasteiger partial charge in [-0.05, 0) is 23.6 Å². The van der Waals surface area contributed by atoms with Gasteiger partial charge in [0.05, 0.1) is 15.7 Å². The topological polar surface area (TPSA) is 12.9 Å². The van der Waals surface area contributed by atoms with Crippen molar-refractivity contribution in [3.05, 3.63) is 34.8 Å². The highest BCUT2D eigenvalue weighted by Crippen LogP contribution is 2.30. The summed E-state index contributed by atoms with van der Waals surface area (Å²) in [5.74, 6) is 0. The summed E-state index contributed by atoms with van der Waals surface area (Å²) in [6, 6.07) is 4.25. The van der Waals surface area contributed by atoms with Gasteiger partial charge in [0.2, 0.25) is 0 Å². The smallest absolute Gasteiger partial charge is 0.0815 e. The first-order valence-corrected chi connectivity index (χ1v) is 4.85. The second kappa shape index (κ2) is 2.17. The second-order valence-electron chi connectivity index (χ2n) is 2.94. The van der Waals surface area contributed by atoms with Crippen LogP contribution in [0, 0.1) is 0 Å². The minimum absolute atomic E-state index is 1.08. The van der Waals surface area contributed by atoms with Crippen molar-refractivity contribution in [1.82, 2.24) is 4.98 Å². The molecule has 3 rings (SSSR count). The van der Waals surface area contributed by atoms with Crippen LogP contribution in [0.15, 0.2) is 23.7 Å². The Morgan fingerprint density at radius 2 is 2.33 bits per heavy atom. The van der Waals surface area contributed by atoms with Crippen LogP contribution in [-0.2, 0) is 6.42 Å². The van der Waals surface area contributed by atoms with Gasteiger partial charge in [0.15, 0.2) is 0 Å². The van der Waals surface area contributed by atoms with E-state index in [4.69, 9.17) is 0 Å². The first-order chi connectivity index (χ1) is 5.95. The molecule has 0 aliphatic heterocycles. The van der Waals surface area contributed by atoms with Gasteiger partial charge in [-0.2, -0.15) is 0 Å². The van der Waals surface area contributed by atoms with Crippen LogP contribution in [-0.4, -0.2) is 4.98 Å². The number of fused-ring (bicyclic) bond motifs is 3. The standard InChI is InChI=1S/C10H7NS/c1-2-7-4-5-9-10(8(7)3-1)12-6-11-9/h1-2,4-6H,3H2. The average Bonchev–Trinajstić information content (AvgIpc) is 2.71. The van der Waals surface area contributed by atoms with Gasteiger partial charge < -0.3 is 0 Å². The predicted molar refractivity (Wildman–Crippen MR) is 52.4 cm³/mol. The van der Waals surface area contributed by atoms with Gasteiger partial charge in [0, 0.05) is 0 Å². The largest absolute Gasteiger partial charge is 0.245 e. The Balaban J connectivity index is 2.49. The predicted octanol–water partition coefficient (Wildman–Crippen LogP) is 2.87. The van der Waals surface area contributed by atoms with E-state index in [-0.39, 0.29) is 0 Å². The van der Waals surface area contributed by atoms with E-state index in [1.54, 1.807) is 11.3 Å². The highest BCUT2D eigenvalue weighted by atomic mass is 32.1. The van der Waals surface area contributed by atoms with Crippen molar-refractivity contribution < 1.29 is 0 Å². The average molecular weight is 173 g/mol. The van der Waals surface area contributed by atoms with Crippen molar-refractivity contribution in [2.75, 3.05) is 0 Å². The lowest BCUT2D eigenvalue weighted by Gasteiger charge is -1.97. The lowest BCUT2D eigenvalue weighted by molar-refractivity contribution is 1.35. The Morgan fingerprint density at radius 3 is 3.33 bits per heavy atom. The van der Waals surface area contributed by atoms with E-state index in [0.717, 1.165) is 11.9 Å². The second-order valence-corrected chi connectivity index (χ2v) is 3.80. The first kappa shape index (κ1) is 6.38. The Bertz CT molecular complexity index is 468. The zero-order chi connectivity index (χ0) is 7.97. The summed E-state index contributed by atoms with van der Waals surface area (Å²) in [5.41, 5.74) is 5.88. The Hall–Kier alpha value is -1.15. The molecule has 1 nitrogen and oxygen atoms in total. The molecule has 0 radical (unpaired) electrons. The quantitative estimate of drug-likeness (QED) is 0.597. The fraction of sp³-hybridized carbons (Fsp3) is 0.100. The third-order valence-electron chi connectivity index (χ3n) is 2.26. The maximum Gasteiger partial charge on any atom is 0.0815 e. The lowest BCUT2D eigenvalue weighted by Crippen LogP contribution is -1.80. The molecule has 1 aliphatic rings. The highest BCUT2D eigenvalue weighted by molar-refractivity contribution is 7.17. The molecule has 12 heavy (non-hydrogen) atoms. The molecule has 0 atom stereocenters. The molecule has 0 bridgehead atoms. The molecule has 0 spiro atoms. The van der Waals surface area contributed by atoms with Crippen LogP contribution < -0.4 is 0 Å². The van der Waals surface area contributed by atoms with E-state index in [0.29, 0.717) is 0 Å². The summed E-state index contributed by atoms with van der Waals surface area (Å²) in [4.78, 5) is 4.29. The summed E-state index contributed by atoms with van der Waals surface area (Å²) in [6.07, 6.45) is 5.48. The van der Waals surface area contributed by atoms with Crippen molar-refractivity contribution in [3.63, 3.8) is 0 Å². The Morgan fingerprint density at radius 1 is 1.33 bits per heavy atom. The highest BCUT2D eigenvalue weighted by Gasteiger charge is 2.09. The molecule has 2 aromatic rings. The maximum atomic E-state index is 4.29. The minimum Gasteiger partial charge on any atom is -0.245 e. The van der Waals surface area contributed by atoms with E-state index < -0.39 is 0 Å². The summed E-state index contributed by atoms with van der Waals surface area (Å²) in [5, 5.41) is 0. The number of benzene rings is 1.